The Balaban J connectivity index is 1.65. The molecule has 0 radical (unpaired) electrons. The lowest BCUT2D eigenvalue weighted by Gasteiger charge is -2.11. The number of aromatic nitrogens is 4. The number of carbonyl (C=O) groups is 1. The van der Waals surface area contributed by atoms with Crippen molar-refractivity contribution in [3.05, 3.63) is 69.5 Å². The number of rotatable bonds is 5. The lowest BCUT2D eigenvalue weighted by molar-refractivity contribution is -0.116. The molecule has 27 heavy (non-hydrogen) atoms. The minimum atomic E-state index is -0.399. The number of nitriles is 1. The second-order valence-corrected chi connectivity index (χ2v) is 6.07. The average Bonchev–Trinajstić information content (AvgIpc) is 3.17. The van der Waals surface area contributed by atoms with Crippen LogP contribution in [0.3, 0.4) is 0 Å². The minimum absolute atomic E-state index is 0.0921. The Morgan fingerprint density at radius 2 is 2.19 bits per heavy atom. The van der Waals surface area contributed by atoms with E-state index in [0.29, 0.717) is 29.2 Å². The van der Waals surface area contributed by atoms with E-state index in [4.69, 9.17) is 5.26 Å². The highest BCUT2D eigenvalue weighted by Gasteiger charge is 2.13. The van der Waals surface area contributed by atoms with Gasteiger partial charge in [0.05, 0.1) is 11.9 Å². The number of aromatic amines is 1. The number of H-pyrrole nitrogens is 1. The first-order chi connectivity index (χ1) is 13.0. The highest BCUT2D eigenvalue weighted by atomic mass is 16.1. The molecule has 8 nitrogen and oxygen atoms in total. The lowest BCUT2D eigenvalue weighted by Crippen LogP contribution is -2.18. The summed E-state index contributed by atoms with van der Waals surface area (Å²) in [6.45, 7) is 3.49. The first-order valence-electron chi connectivity index (χ1n) is 8.38. The second-order valence-electron chi connectivity index (χ2n) is 6.07. The molecule has 0 aliphatic rings. The van der Waals surface area contributed by atoms with Crippen molar-refractivity contribution in [2.45, 2.75) is 26.7 Å². The van der Waals surface area contributed by atoms with Gasteiger partial charge in [0.25, 0.3) is 5.56 Å². The molecule has 2 N–H and O–H groups in total. The maximum absolute atomic E-state index is 12.2. The van der Waals surface area contributed by atoms with Crippen molar-refractivity contribution in [1.29, 1.82) is 5.26 Å². The monoisotopic (exact) mass is 362 g/mol. The number of aryl methyl sites for hydroxylation is 1. The number of nitrogens with zero attached hydrogens (tertiary/aromatic N) is 4. The number of hydrogen-bond donors (Lipinski definition) is 2. The van der Waals surface area contributed by atoms with E-state index in [1.54, 1.807) is 55.3 Å². The Hall–Kier alpha value is -3.73. The minimum Gasteiger partial charge on any atom is -0.325 e. The smallest absolute Gasteiger partial charge is 0.266 e. The van der Waals surface area contributed by atoms with E-state index in [1.807, 2.05) is 6.07 Å². The van der Waals surface area contributed by atoms with Gasteiger partial charge >= 0.3 is 0 Å². The van der Waals surface area contributed by atoms with Gasteiger partial charge in [-0.25, -0.2) is 9.67 Å². The van der Waals surface area contributed by atoms with Gasteiger partial charge in [0.15, 0.2) is 5.82 Å². The summed E-state index contributed by atoms with van der Waals surface area (Å²) in [4.78, 5) is 30.9. The van der Waals surface area contributed by atoms with Crippen LogP contribution >= 0.6 is 0 Å². The molecule has 3 rings (SSSR count). The highest BCUT2D eigenvalue weighted by Crippen LogP contribution is 2.16. The molecule has 0 aliphatic carbocycles. The quantitative estimate of drug-likeness (QED) is 0.720. The highest BCUT2D eigenvalue weighted by molar-refractivity contribution is 5.90. The van der Waals surface area contributed by atoms with E-state index in [-0.39, 0.29) is 17.9 Å². The van der Waals surface area contributed by atoms with E-state index in [1.165, 1.54) is 0 Å². The molecule has 3 heterocycles. The molecule has 0 atom stereocenters. The zero-order valence-electron chi connectivity index (χ0n) is 15.0. The van der Waals surface area contributed by atoms with Gasteiger partial charge in [0.1, 0.15) is 11.6 Å². The molecule has 0 spiro atoms. The fourth-order valence-corrected chi connectivity index (χ4v) is 2.88. The van der Waals surface area contributed by atoms with Crippen LogP contribution in [0.4, 0.5) is 5.69 Å². The summed E-state index contributed by atoms with van der Waals surface area (Å²) in [6, 6.07) is 7.24. The first-order valence-corrected chi connectivity index (χ1v) is 8.38. The Labute approximate surface area is 155 Å². The summed E-state index contributed by atoms with van der Waals surface area (Å²) in [7, 11) is 0. The zero-order valence-corrected chi connectivity index (χ0v) is 15.0. The van der Waals surface area contributed by atoms with Crippen molar-refractivity contribution in [2.75, 3.05) is 5.32 Å². The third-order valence-corrected chi connectivity index (χ3v) is 4.29. The molecule has 0 bridgehead atoms. The van der Waals surface area contributed by atoms with E-state index in [0.717, 1.165) is 5.56 Å². The van der Waals surface area contributed by atoms with Gasteiger partial charge in [-0.05, 0) is 49.6 Å². The Kier molecular flexibility index (Phi) is 5.13. The third kappa shape index (κ3) is 3.93. The summed E-state index contributed by atoms with van der Waals surface area (Å²) >= 11 is 0. The van der Waals surface area contributed by atoms with Crippen LogP contribution in [0.15, 0.2) is 41.6 Å². The van der Waals surface area contributed by atoms with Gasteiger partial charge in [-0.2, -0.15) is 10.4 Å². The molecule has 0 saturated heterocycles. The predicted octanol–water partition coefficient (Wildman–Crippen LogP) is 2.02. The summed E-state index contributed by atoms with van der Waals surface area (Å²) < 4.78 is 1.63. The van der Waals surface area contributed by atoms with Gasteiger partial charge in [-0.3, -0.25) is 9.59 Å². The molecule has 1 amide bonds. The maximum atomic E-state index is 12.2. The summed E-state index contributed by atoms with van der Waals surface area (Å²) in [5.41, 5.74) is 2.39. The van der Waals surface area contributed by atoms with Gasteiger partial charge < -0.3 is 10.3 Å². The van der Waals surface area contributed by atoms with Crippen LogP contribution in [0.1, 0.15) is 28.8 Å². The SMILES string of the molecule is Cc1[nH]c(=O)c(C#N)c(C)c1CCC(=O)Nc1ccc(-n2cccn2)nc1. The molecule has 3 aromatic rings. The van der Waals surface area contributed by atoms with E-state index < -0.39 is 5.56 Å². The molecule has 0 fully saturated rings. The predicted molar refractivity (Wildman–Crippen MR) is 99.6 cm³/mol. The van der Waals surface area contributed by atoms with E-state index >= 15 is 0 Å². The molecule has 0 aliphatic heterocycles. The van der Waals surface area contributed by atoms with Crippen LogP contribution in [0.25, 0.3) is 5.82 Å². The van der Waals surface area contributed by atoms with Crippen molar-refractivity contribution >= 4 is 11.6 Å². The molecule has 0 saturated carbocycles. The molecule has 3 aromatic heterocycles. The molecule has 136 valence electrons. The maximum Gasteiger partial charge on any atom is 0.266 e. The standard InChI is InChI=1S/C19H18N6O2/c1-12-15(13(2)23-19(27)16(12)10-20)5-7-18(26)24-14-4-6-17(21-11-14)25-9-3-8-22-25/h3-4,6,8-9,11H,5,7H2,1-2H3,(H,23,27)(H,24,26). The number of pyridine rings is 2. The summed E-state index contributed by atoms with van der Waals surface area (Å²) in [5, 5.41) is 16.0. The molecule has 0 aromatic carbocycles. The van der Waals surface area contributed by atoms with Crippen LogP contribution in [-0.2, 0) is 11.2 Å². The third-order valence-electron chi connectivity index (χ3n) is 4.29. The number of amides is 1. The van der Waals surface area contributed by atoms with Crippen molar-refractivity contribution < 1.29 is 4.79 Å². The normalized spacial score (nSPS) is 10.4. The Bertz CT molecular complexity index is 1060. The fourth-order valence-electron chi connectivity index (χ4n) is 2.88. The van der Waals surface area contributed by atoms with Crippen molar-refractivity contribution in [3.8, 4) is 11.9 Å². The van der Waals surface area contributed by atoms with Crippen LogP contribution in [-0.4, -0.2) is 25.7 Å². The van der Waals surface area contributed by atoms with E-state index in [9.17, 15) is 9.59 Å². The summed E-state index contributed by atoms with van der Waals surface area (Å²) in [5.74, 6) is 0.480. The van der Waals surface area contributed by atoms with Gasteiger partial charge in [0, 0.05) is 24.5 Å². The lowest BCUT2D eigenvalue weighted by atomic mass is 9.99. The Morgan fingerprint density at radius 1 is 1.37 bits per heavy atom. The van der Waals surface area contributed by atoms with Gasteiger partial charge in [0.2, 0.25) is 5.91 Å². The molecular formula is C19H18N6O2. The number of anilines is 1. The van der Waals surface area contributed by atoms with E-state index in [2.05, 4.69) is 20.4 Å². The van der Waals surface area contributed by atoms with Crippen molar-refractivity contribution in [3.63, 3.8) is 0 Å². The van der Waals surface area contributed by atoms with Crippen LogP contribution in [0.5, 0.6) is 0 Å². The first kappa shape index (κ1) is 18.1. The molecule has 0 unspecified atom stereocenters. The van der Waals surface area contributed by atoms with Crippen molar-refractivity contribution in [2.24, 2.45) is 0 Å². The largest absolute Gasteiger partial charge is 0.325 e. The summed E-state index contributed by atoms with van der Waals surface area (Å²) in [6.07, 6.45) is 5.66. The van der Waals surface area contributed by atoms with Crippen LogP contribution in [0.2, 0.25) is 0 Å². The average molecular weight is 362 g/mol. The van der Waals surface area contributed by atoms with Crippen LogP contribution in [0, 0.1) is 25.2 Å². The van der Waals surface area contributed by atoms with Gasteiger partial charge in [-0.1, -0.05) is 0 Å². The van der Waals surface area contributed by atoms with Crippen LogP contribution < -0.4 is 10.9 Å². The molecular weight excluding hydrogens is 344 g/mol. The number of hydrogen-bond acceptors (Lipinski definition) is 5. The number of carbonyl (C=O) groups excluding carboxylic acids is 1. The number of nitrogens with one attached hydrogen (secondary N) is 2. The Morgan fingerprint density at radius 3 is 2.81 bits per heavy atom. The van der Waals surface area contributed by atoms with Crippen molar-refractivity contribution in [1.82, 2.24) is 19.7 Å². The van der Waals surface area contributed by atoms with Gasteiger partial charge in [-0.15, -0.1) is 0 Å². The molecule has 8 heteroatoms. The fraction of sp³-hybridized carbons (Fsp3) is 0.211. The topological polar surface area (TPSA) is 116 Å². The second kappa shape index (κ2) is 7.66. The zero-order chi connectivity index (χ0) is 19.4.